The van der Waals surface area contributed by atoms with Crippen molar-refractivity contribution in [3.8, 4) is 0 Å². The molecule has 3 heteroatoms. The first-order valence-electron chi connectivity index (χ1n) is 7.52. The third kappa shape index (κ3) is 4.57. The molecular formula is C18H25N3. The van der Waals surface area contributed by atoms with Gasteiger partial charge in [-0.15, -0.1) is 0 Å². The van der Waals surface area contributed by atoms with Crippen LogP contribution in [0.5, 0.6) is 0 Å². The fourth-order valence-electron chi connectivity index (χ4n) is 2.13. The fraction of sp³-hybridized carbons (Fsp3) is 0.389. The quantitative estimate of drug-likeness (QED) is 0.894. The van der Waals surface area contributed by atoms with E-state index in [1.807, 2.05) is 12.3 Å². The summed E-state index contributed by atoms with van der Waals surface area (Å²) in [5, 5.41) is 3.48. The molecule has 112 valence electrons. The van der Waals surface area contributed by atoms with Gasteiger partial charge >= 0.3 is 0 Å². The van der Waals surface area contributed by atoms with Gasteiger partial charge in [0.05, 0.1) is 0 Å². The van der Waals surface area contributed by atoms with Crippen LogP contribution in [0.15, 0.2) is 48.7 Å². The van der Waals surface area contributed by atoms with E-state index in [4.69, 9.17) is 0 Å². The first-order valence-corrected chi connectivity index (χ1v) is 7.52. The van der Waals surface area contributed by atoms with Crippen molar-refractivity contribution in [2.45, 2.75) is 39.8 Å². The molecule has 1 heterocycles. The average Bonchev–Trinajstić information content (AvgIpc) is 2.47. The number of para-hydroxylation sites is 1. The van der Waals surface area contributed by atoms with Crippen molar-refractivity contribution >= 4 is 11.5 Å². The van der Waals surface area contributed by atoms with Gasteiger partial charge in [-0.1, -0.05) is 24.3 Å². The zero-order valence-electron chi connectivity index (χ0n) is 13.4. The van der Waals surface area contributed by atoms with Crippen LogP contribution in [0.25, 0.3) is 0 Å². The van der Waals surface area contributed by atoms with Crippen molar-refractivity contribution in [1.29, 1.82) is 0 Å². The number of hydrogen-bond donors (Lipinski definition) is 1. The number of anilines is 2. The molecule has 0 radical (unpaired) electrons. The van der Waals surface area contributed by atoms with E-state index in [1.54, 1.807) is 0 Å². The molecule has 1 aromatic carbocycles. The maximum atomic E-state index is 4.61. The number of benzene rings is 1. The van der Waals surface area contributed by atoms with E-state index in [1.165, 1.54) is 11.3 Å². The zero-order chi connectivity index (χ0) is 15.3. The first kappa shape index (κ1) is 15.5. The highest BCUT2D eigenvalue weighted by Crippen LogP contribution is 2.22. The van der Waals surface area contributed by atoms with Gasteiger partial charge < -0.3 is 10.2 Å². The van der Waals surface area contributed by atoms with Crippen molar-refractivity contribution in [2.75, 3.05) is 11.4 Å². The molecule has 21 heavy (non-hydrogen) atoms. The second kappa shape index (κ2) is 6.72. The molecule has 0 fully saturated rings. The summed E-state index contributed by atoms with van der Waals surface area (Å²) >= 11 is 0. The Morgan fingerprint density at radius 1 is 1.05 bits per heavy atom. The van der Waals surface area contributed by atoms with Crippen LogP contribution >= 0.6 is 0 Å². The van der Waals surface area contributed by atoms with E-state index in [2.05, 4.69) is 79.3 Å². The molecular weight excluding hydrogens is 258 g/mol. The van der Waals surface area contributed by atoms with E-state index < -0.39 is 0 Å². The molecule has 0 aliphatic rings. The van der Waals surface area contributed by atoms with Gasteiger partial charge in [0.1, 0.15) is 5.82 Å². The molecule has 0 unspecified atom stereocenters. The molecule has 3 nitrogen and oxygen atoms in total. The van der Waals surface area contributed by atoms with Gasteiger partial charge in [0.25, 0.3) is 0 Å². The molecule has 0 atom stereocenters. The standard InChI is InChI=1S/C18H25N3/c1-5-21(16-9-7-6-8-10-16)17-12-11-15(13-19-17)14-20-18(2,3)4/h6-13,20H,5,14H2,1-4H3. The summed E-state index contributed by atoms with van der Waals surface area (Å²) in [6.07, 6.45) is 1.96. The molecule has 0 saturated carbocycles. The molecule has 0 spiro atoms. The van der Waals surface area contributed by atoms with E-state index in [0.29, 0.717) is 0 Å². The third-order valence-corrected chi connectivity index (χ3v) is 3.29. The van der Waals surface area contributed by atoms with Gasteiger partial charge in [-0.05, 0) is 51.5 Å². The van der Waals surface area contributed by atoms with Crippen LogP contribution in [0.3, 0.4) is 0 Å². The summed E-state index contributed by atoms with van der Waals surface area (Å²) in [5.41, 5.74) is 2.50. The van der Waals surface area contributed by atoms with E-state index >= 15 is 0 Å². The second-order valence-electron chi connectivity index (χ2n) is 6.21. The fourth-order valence-corrected chi connectivity index (χ4v) is 2.13. The van der Waals surface area contributed by atoms with Crippen LogP contribution < -0.4 is 10.2 Å². The van der Waals surface area contributed by atoms with Crippen molar-refractivity contribution < 1.29 is 0 Å². The number of hydrogen-bond acceptors (Lipinski definition) is 3. The minimum atomic E-state index is 0.123. The molecule has 1 N–H and O–H groups in total. The lowest BCUT2D eigenvalue weighted by Gasteiger charge is -2.23. The predicted molar refractivity (Wildman–Crippen MR) is 90.0 cm³/mol. The van der Waals surface area contributed by atoms with Gasteiger partial charge in [0.15, 0.2) is 0 Å². The van der Waals surface area contributed by atoms with E-state index in [9.17, 15) is 0 Å². The maximum absolute atomic E-state index is 4.61. The number of pyridine rings is 1. The lowest BCUT2D eigenvalue weighted by Crippen LogP contribution is -2.35. The van der Waals surface area contributed by atoms with Crippen molar-refractivity contribution in [1.82, 2.24) is 10.3 Å². The SMILES string of the molecule is CCN(c1ccccc1)c1ccc(CNC(C)(C)C)cn1. The van der Waals surface area contributed by atoms with Crippen LogP contribution in [0, 0.1) is 0 Å². The Morgan fingerprint density at radius 3 is 2.29 bits per heavy atom. The predicted octanol–water partition coefficient (Wildman–Crippen LogP) is 4.13. The van der Waals surface area contributed by atoms with Gasteiger partial charge in [-0.25, -0.2) is 4.98 Å². The van der Waals surface area contributed by atoms with Crippen LogP contribution in [0.2, 0.25) is 0 Å². The van der Waals surface area contributed by atoms with Crippen molar-refractivity contribution in [3.63, 3.8) is 0 Å². The number of rotatable bonds is 5. The molecule has 0 bridgehead atoms. The Balaban J connectivity index is 2.10. The molecule has 2 aromatic rings. The second-order valence-corrected chi connectivity index (χ2v) is 6.21. The summed E-state index contributed by atoms with van der Waals surface area (Å²) in [7, 11) is 0. The Bertz CT molecular complexity index is 541. The third-order valence-electron chi connectivity index (χ3n) is 3.29. The van der Waals surface area contributed by atoms with Gasteiger partial charge in [0.2, 0.25) is 0 Å². The molecule has 1 aromatic heterocycles. The molecule has 0 aliphatic heterocycles. The first-order chi connectivity index (χ1) is 9.99. The highest BCUT2D eigenvalue weighted by molar-refractivity contribution is 5.59. The molecule has 2 rings (SSSR count). The highest BCUT2D eigenvalue weighted by Gasteiger charge is 2.10. The summed E-state index contributed by atoms with van der Waals surface area (Å²) in [5.74, 6) is 0.989. The molecule has 0 aliphatic carbocycles. The minimum Gasteiger partial charge on any atom is -0.327 e. The van der Waals surface area contributed by atoms with Gasteiger partial charge in [0, 0.05) is 30.5 Å². The van der Waals surface area contributed by atoms with Crippen LogP contribution in [-0.2, 0) is 6.54 Å². The molecule has 0 amide bonds. The summed E-state index contributed by atoms with van der Waals surface area (Å²) in [4.78, 5) is 6.82. The van der Waals surface area contributed by atoms with E-state index in [-0.39, 0.29) is 5.54 Å². The summed E-state index contributed by atoms with van der Waals surface area (Å²) in [6, 6.07) is 14.6. The van der Waals surface area contributed by atoms with Crippen LogP contribution in [-0.4, -0.2) is 17.1 Å². The van der Waals surface area contributed by atoms with E-state index in [0.717, 1.165) is 18.9 Å². The Morgan fingerprint density at radius 2 is 1.76 bits per heavy atom. The smallest absolute Gasteiger partial charge is 0.132 e. The number of aromatic nitrogens is 1. The van der Waals surface area contributed by atoms with Crippen molar-refractivity contribution in [2.24, 2.45) is 0 Å². The highest BCUT2D eigenvalue weighted by atomic mass is 15.2. The Kier molecular flexibility index (Phi) is 4.97. The summed E-state index contributed by atoms with van der Waals surface area (Å²) in [6.45, 7) is 10.4. The number of nitrogens with zero attached hydrogens (tertiary/aromatic N) is 2. The Hall–Kier alpha value is -1.87. The summed E-state index contributed by atoms with van der Waals surface area (Å²) < 4.78 is 0. The Labute approximate surface area is 128 Å². The normalized spacial score (nSPS) is 11.4. The number of nitrogens with one attached hydrogen (secondary N) is 1. The van der Waals surface area contributed by atoms with Crippen molar-refractivity contribution in [3.05, 3.63) is 54.2 Å². The topological polar surface area (TPSA) is 28.2 Å². The molecule has 0 saturated heterocycles. The zero-order valence-corrected chi connectivity index (χ0v) is 13.4. The lowest BCUT2D eigenvalue weighted by molar-refractivity contribution is 0.424. The monoisotopic (exact) mass is 283 g/mol. The van der Waals surface area contributed by atoms with Gasteiger partial charge in [-0.2, -0.15) is 0 Å². The minimum absolute atomic E-state index is 0.123. The van der Waals surface area contributed by atoms with Gasteiger partial charge in [-0.3, -0.25) is 0 Å². The lowest BCUT2D eigenvalue weighted by atomic mass is 10.1. The average molecular weight is 283 g/mol. The van der Waals surface area contributed by atoms with Crippen LogP contribution in [0.1, 0.15) is 33.3 Å². The van der Waals surface area contributed by atoms with Crippen LogP contribution in [0.4, 0.5) is 11.5 Å². The largest absolute Gasteiger partial charge is 0.327 e. The maximum Gasteiger partial charge on any atom is 0.132 e.